The number of nitrogens with zero attached hydrogens (tertiary/aromatic N) is 5. The first-order chi connectivity index (χ1) is 13.0. The summed E-state index contributed by atoms with van der Waals surface area (Å²) in [5, 5.41) is 3.69. The van der Waals surface area contributed by atoms with Crippen molar-refractivity contribution in [2.45, 2.75) is 13.1 Å². The van der Waals surface area contributed by atoms with Crippen LogP contribution in [0.15, 0.2) is 36.8 Å². The summed E-state index contributed by atoms with van der Waals surface area (Å²) in [4.78, 5) is 21.3. The average molecular weight is 390 g/mol. The summed E-state index contributed by atoms with van der Waals surface area (Å²) in [7, 11) is 1.70. The highest BCUT2D eigenvalue weighted by atomic mass is 35.5. The number of carbonyl (C=O) groups is 1. The number of fused-ring (bicyclic) bond motifs is 1. The van der Waals surface area contributed by atoms with Crippen molar-refractivity contribution < 1.29 is 18.7 Å². The Morgan fingerprint density at radius 2 is 2.19 bits per heavy atom. The number of rotatable bonds is 4. The zero-order chi connectivity index (χ0) is 19.0. The quantitative estimate of drug-likeness (QED) is 0.637. The van der Waals surface area contributed by atoms with E-state index < -0.39 is 11.9 Å². The van der Waals surface area contributed by atoms with Crippen LogP contribution in [-0.2, 0) is 20.1 Å². The number of carbonyl (C=O) groups excluding carboxylic acids is 1. The molecule has 1 amide bonds. The molecule has 0 bridgehead atoms. The lowest BCUT2D eigenvalue weighted by Gasteiger charge is -2.28. The van der Waals surface area contributed by atoms with Gasteiger partial charge in [-0.1, -0.05) is 11.6 Å². The van der Waals surface area contributed by atoms with Crippen LogP contribution in [0.3, 0.4) is 0 Å². The SMILES string of the molecule is Cn1ncnc1Oc1ccc2c(c1)OC(=O)N(Cc1ccnc(Cl)c1F)C2. The maximum atomic E-state index is 14.0. The second kappa shape index (κ2) is 6.84. The van der Waals surface area contributed by atoms with E-state index in [9.17, 15) is 9.18 Å². The lowest BCUT2D eigenvalue weighted by atomic mass is 10.1. The van der Waals surface area contributed by atoms with Crippen LogP contribution >= 0.6 is 11.6 Å². The van der Waals surface area contributed by atoms with Gasteiger partial charge in [0.2, 0.25) is 0 Å². The molecule has 0 saturated heterocycles. The molecule has 1 aliphatic rings. The number of aryl methyl sites for hydroxylation is 1. The summed E-state index contributed by atoms with van der Waals surface area (Å²) in [5.41, 5.74) is 1.03. The maximum Gasteiger partial charge on any atom is 0.415 e. The molecular weight excluding hydrogens is 377 g/mol. The van der Waals surface area contributed by atoms with Gasteiger partial charge in [-0.3, -0.25) is 4.90 Å². The molecule has 0 unspecified atom stereocenters. The Bertz CT molecular complexity index is 1030. The Kier molecular flexibility index (Phi) is 4.36. The van der Waals surface area contributed by atoms with Gasteiger partial charge in [0.25, 0.3) is 0 Å². The number of hydrogen-bond donors (Lipinski definition) is 0. The van der Waals surface area contributed by atoms with E-state index in [4.69, 9.17) is 21.1 Å². The highest BCUT2D eigenvalue weighted by Crippen LogP contribution is 2.32. The van der Waals surface area contributed by atoms with Crippen molar-refractivity contribution in [3.05, 3.63) is 58.9 Å². The van der Waals surface area contributed by atoms with E-state index in [-0.39, 0.29) is 23.8 Å². The average Bonchev–Trinajstić information content (AvgIpc) is 3.04. The van der Waals surface area contributed by atoms with E-state index in [1.807, 2.05) is 0 Å². The minimum Gasteiger partial charge on any atom is -0.424 e. The molecule has 138 valence electrons. The topological polar surface area (TPSA) is 82.4 Å². The van der Waals surface area contributed by atoms with E-state index >= 15 is 0 Å². The highest BCUT2D eigenvalue weighted by Gasteiger charge is 2.26. The molecule has 0 saturated carbocycles. The van der Waals surface area contributed by atoms with Gasteiger partial charge in [-0.15, -0.1) is 0 Å². The number of amides is 1. The fourth-order valence-electron chi connectivity index (χ4n) is 2.64. The van der Waals surface area contributed by atoms with Gasteiger partial charge >= 0.3 is 12.1 Å². The van der Waals surface area contributed by atoms with Gasteiger partial charge in [-0.05, 0) is 18.2 Å². The third-order valence-corrected chi connectivity index (χ3v) is 4.29. The molecule has 1 aliphatic heterocycles. The smallest absolute Gasteiger partial charge is 0.415 e. The van der Waals surface area contributed by atoms with E-state index in [1.54, 1.807) is 25.2 Å². The molecule has 0 aliphatic carbocycles. The Morgan fingerprint density at radius 3 is 2.96 bits per heavy atom. The molecule has 8 nitrogen and oxygen atoms in total. The number of halogens is 2. The van der Waals surface area contributed by atoms with Crippen molar-refractivity contribution >= 4 is 17.7 Å². The van der Waals surface area contributed by atoms with Crippen molar-refractivity contribution in [1.29, 1.82) is 0 Å². The van der Waals surface area contributed by atoms with Crippen LogP contribution in [0.25, 0.3) is 0 Å². The number of hydrogen-bond acceptors (Lipinski definition) is 6. The molecule has 3 aromatic rings. The van der Waals surface area contributed by atoms with Crippen LogP contribution in [0.4, 0.5) is 9.18 Å². The first-order valence-electron chi connectivity index (χ1n) is 7.91. The van der Waals surface area contributed by atoms with Crippen LogP contribution in [0.5, 0.6) is 17.5 Å². The largest absolute Gasteiger partial charge is 0.424 e. The Labute approximate surface area is 158 Å². The molecule has 10 heteroatoms. The molecule has 0 spiro atoms. The fourth-order valence-corrected chi connectivity index (χ4v) is 2.82. The second-order valence-electron chi connectivity index (χ2n) is 5.84. The van der Waals surface area contributed by atoms with Gasteiger partial charge in [-0.25, -0.2) is 18.9 Å². The highest BCUT2D eigenvalue weighted by molar-refractivity contribution is 6.29. The molecule has 1 aromatic carbocycles. The van der Waals surface area contributed by atoms with Crippen molar-refractivity contribution in [2.75, 3.05) is 0 Å². The van der Waals surface area contributed by atoms with Gasteiger partial charge in [0.1, 0.15) is 17.8 Å². The van der Waals surface area contributed by atoms with E-state index in [0.29, 0.717) is 17.5 Å². The Balaban J connectivity index is 1.53. The summed E-state index contributed by atoms with van der Waals surface area (Å²) in [5.74, 6) is 0.187. The maximum absolute atomic E-state index is 14.0. The fraction of sp³-hybridized carbons (Fsp3) is 0.176. The molecule has 0 fully saturated rings. The molecule has 4 rings (SSSR count). The number of aromatic nitrogens is 4. The predicted octanol–water partition coefficient (Wildman–Crippen LogP) is 3.31. The van der Waals surface area contributed by atoms with Gasteiger partial charge < -0.3 is 9.47 Å². The summed E-state index contributed by atoms with van der Waals surface area (Å²) in [6, 6.07) is 6.89. The summed E-state index contributed by atoms with van der Waals surface area (Å²) in [6.07, 6.45) is 2.17. The minimum absolute atomic E-state index is 0.0174. The molecule has 27 heavy (non-hydrogen) atoms. The van der Waals surface area contributed by atoms with Gasteiger partial charge in [0.15, 0.2) is 11.0 Å². The normalized spacial score (nSPS) is 13.3. The zero-order valence-electron chi connectivity index (χ0n) is 14.1. The van der Waals surface area contributed by atoms with Crippen LogP contribution in [-0.4, -0.2) is 30.7 Å². The molecule has 0 radical (unpaired) electrons. The van der Waals surface area contributed by atoms with Crippen LogP contribution in [0.2, 0.25) is 5.15 Å². The van der Waals surface area contributed by atoms with E-state index in [2.05, 4.69) is 15.1 Å². The monoisotopic (exact) mass is 389 g/mol. The van der Waals surface area contributed by atoms with E-state index in [0.717, 1.165) is 5.56 Å². The summed E-state index contributed by atoms with van der Waals surface area (Å²) in [6.45, 7) is 0.279. The lowest BCUT2D eigenvalue weighted by molar-refractivity contribution is 0.134. The molecule has 2 aromatic heterocycles. The van der Waals surface area contributed by atoms with Gasteiger partial charge in [0.05, 0.1) is 13.1 Å². The van der Waals surface area contributed by atoms with Crippen LogP contribution < -0.4 is 9.47 Å². The van der Waals surface area contributed by atoms with E-state index in [1.165, 1.54) is 28.2 Å². The molecule has 3 heterocycles. The minimum atomic E-state index is -0.648. The first kappa shape index (κ1) is 17.2. The molecular formula is C17H13ClFN5O3. The van der Waals surface area contributed by atoms with Crippen molar-refractivity contribution in [1.82, 2.24) is 24.6 Å². The third kappa shape index (κ3) is 3.41. The summed E-state index contributed by atoms with van der Waals surface area (Å²) >= 11 is 5.69. The third-order valence-electron chi connectivity index (χ3n) is 4.02. The second-order valence-corrected chi connectivity index (χ2v) is 6.19. The van der Waals surface area contributed by atoms with Crippen LogP contribution in [0, 0.1) is 5.82 Å². The van der Waals surface area contributed by atoms with Crippen LogP contribution in [0.1, 0.15) is 11.1 Å². The standard InChI is InChI=1S/C17H13ClFN5O3/c1-23-16(21-9-22-23)26-12-3-2-10-7-24(17(25)27-13(10)6-12)8-11-4-5-20-15(18)14(11)19/h2-6,9H,7-8H2,1H3. The van der Waals surface area contributed by atoms with Crippen molar-refractivity contribution in [3.8, 4) is 17.5 Å². The number of benzene rings is 1. The van der Waals surface area contributed by atoms with Gasteiger partial charge in [0, 0.05) is 30.4 Å². The predicted molar refractivity (Wildman–Crippen MR) is 92.0 cm³/mol. The number of ether oxygens (including phenoxy) is 2. The number of pyridine rings is 1. The Hall–Kier alpha value is -3.20. The van der Waals surface area contributed by atoms with Crippen molar-refractivity contribution in [3.63, 3.8) is 0 Å². The lowest BCUT2D eigenvalue weighted by Crippen LogP contribution is -2.36. The zero-order valence-corrected chi connectivity index (χ0v) is 14.9. The summed E-state index contributed by atoms with van der Waals surface area (Å²) < 4.78 is 26.5. The van der Waals surface area contributed by atoms with Crippen molar-refractivity contribution in [2.24, 2.45) is 7.05 Å². The molecule has 0 N–H and O–H groups in total. The Morgan fingerprint density at radius 1 is 1.33 bits per heavy atom. The molecule has 0 atom stereocenters. The first-order valence-corrected chi connectivity index (χ1v) is 8.29. The van der Waals surface area contributed by atoms with Gasteiger partial charge in [-0.2, -0.15) is 10.1 Å².